The Morgan fingerprint density at radius 2 is 1.62 bits per heavy atom. The molecule has 0 saturated carbocycles. The van der Waals surface area contributed by atoms with Crippen LogP contribution in [0.5, 0.6) is 0 Å². The van der Waals surface area contributed by atoms with Gasteiger partial charge in [0, 0.05) is 30.2 Å². The zero-order valence-electron chi connectivity index (χ0n) is 20.0. The molecule has 0 spiro atoms. The Balaban J connectivity index is 0.00000320. The summed E-state index contributed by atoms with van der Waals surface area (Å²) in [6.07, 6.45) is -0.950. The molecule has 1 aliphatic heterocycles. The molecule has 1 N–H and O–H groups in total. The quantitative estimate of drug-likeness (QED) is 0.268. The minimum Gasteiger partial charge on any atom is -0.369 e. The van der Waals surface area contributed by atoms with Crippen molar-refractivity contribution in [2.24, 2.45) is 5.92 Å². The lowest BCUT2D eigenvalue weighted by Gasteiger charge is -2.32. The number of aromatic nitrogens is 2. The molecule has 1 fully saturated rings. The first-order chi connectivity index (χ1) is 17.4. The van der Waals surface area contributed by atoms with Gasteiger partial charge in [0.1, 0.15) is 17.3 Å². The van der Waals surface area contributed by atoms with Gasteiger partial charge in [-0.1, -0.05) is 42.5 Å². The van der Waals surface area contributed by atoms with E-state index in [1.54, 1.807) is 6.20 Å². The van der Waals surface area contributed by atoms with Crippen LogP contribution in [0.2, 0.25) is 0 Å². The Labute approximate surface area is 219 Å². The lowest BCUT2D eigenvalue weighted by molar-refractivity contribution is -0.140. The highest BCUT2D eigenvalue weighted by Gasteiger charge is 2.33. The van der Waals surface area contributed by atoms with E-state index in [0.29, 0.717) is 29.2 Å². The summed E-state index contributed by atoms with van der Waals surface area (Å²) in [5, 5.41) is 3.94. The van der Waals surface area contributed by atoms with Crippen LogP contribution in [0.1, 0.15) is 24.1 Å². The molecule has 5 rings (SSSR count). The molecule has 37 heavy (non-hydrogen) atoms. The molecule has 4 aromatic rings. The van der Waals surface area contributed by atoms with Gasteiger partial charge in [-0.15, -0.1) is 12.4 Å². The summed E-state index contributed by atoms with van der Waals surface area (Å²) in [7, 11) is 0. The van der Waals surface area contributed by atoms with Crippen molar-refractivity contribution in [1.29, 1.82) is 0 Å². The Kier molecular flexibility index (Phi) is 8.29. The van der Waals surface area contributed by atoms with E-state index in [9.17, 15) is 17.6 Å². The maximum Gasteiger partial charge on any atom is 0.433 e. The predicted molar refractivity (Wildman–Crippen MR) is 140 cm³/mol. The van der Waals surface area contributed by atoms with E-state index in [2.05, 4.69) is 20.2 Å². The lowest BCUT2D eigenvalue weighted by atomic mass is 9.96. The van der Waals surface area contributed by atoms with Gasteiger partial charge in [0.2, 0.25) is 0 Å². The van der Waals surface area contributed by atoms with E-state index < -0.39 is 11.9 Å². The highest BCUT2D eigenvalue weighted by atomic mass is 35.5. The fourth-order valence-corrected chi connectivity index (χ4v) is 4.68. The van der Waals surface area contributed by atoms with E-state index >= 15 is 0 Å². The number of pyridine rings is 2. The molecule has 0 aliphatic carbocycles. The first-order valence-electron chi connectivity index (χ1n) is 12.0. The average Bonchev–Trinajstić information content (AvgIpc) is 2.89. The molecule has 194 valence electrons. The Bertz CT molecular complexity index is 1320. The zero-order valence-corrected chi connectivity index (χ0v) is 20.8. The highest BCUT2D eigenvalue weighted by Crippen LogP contribution is 2.35. The summed E-state index contributed by atoms with van der Waals surface area (Å²) in [5.74, 6) is 0.730. The van der Waals surface area contributed by atoms with Gasteiger partial charge in [0.25, 0.3) is 0 Å². The number of benzene rings is 2. The molecule has 1 saturated heterocycles. The van der Waals surface area contributed by atoms with Gasteiger partial charge in [-0.05, 0) is 67.2 Å². The molecule has 2 aromatic carbocycles. The minimum absolute atomic E-state index is 0. The molecule has 3 heterocycles. The van der Waals surface area contributed by atoms with Crippen LogP contribution < -0.4 is 5.32 Å². The maximum absolute atomic E-state index is 13.4. The standard InChI is InChI=1S/C28H26F4N4.ClH/c29-22-8-6-20(7-9-22)18-36-14-12-19(13-15-36)16-33-27-23-10-11-25(28(30,31)32)35-26(23)24(17-34-27)21-4-2-1-3-5-21;/h1-11,17,19H,12-16,18H2,(H,33,34);1H. The second-order valence-corrected chi connectivity index (χ2v) is 9.20. The van der Waals surface area contributed by atoms with E-state index in [4.69, 9.17) is 0 Å². The summed E-state index contributed by atoms with van der Waals surface area (Å²) in [6.45, 7) is 3.33. The zero-order chi connectivity index (χ0) is 25.1. The molecule has 9 heteroatoms. The number of halogens is 5. The number of anilines is 1. The third-order valence-electron chi connectivity index (χ3n) is 6.69. The van der Waals surface area contributed by atoms with E-state index in [1.165, 1.54) is 18.2 Å². The van der Waals surface area contributed by atoms with Crippen molar-refractivity contribution in [1.82, 2.24) is 14.9 Å². The molecule has 1 aliphatic rings. The number of hydrogen-bond donors (Lipinski definition) is 1. The van der Waals surface area contributed by atoms with Crippen LogP contribution in [0.15, 0.2) is 72.9 Å². The molecule has 0 unspecified atom stereocenters. The lowest BCUT2D eigenvalue weighted by Crippen LogP contribution is -2.35. The Hall–Kier alpha value is -3.23. The summed E-state index contributed by atoms with van der Waals surface area (Å²) in [4.78, 5) is 10.9. The van der Waals surface area contributed by atoms with Gasteiger partial charge in [-0.25, -0.2) is 14.4 Å². The molecular formula is C28H27ClF4N4. The Morgan fingerprint density at radius 1 is 0.919 bits per heavy atom. The first-order valence-corrected chi connectivity index (χ1v) is 12.0. The summed E-state index contributed by atoms with van der Waals surface area (Å²) >= 11 is 0. The minimum atomic E-state index is -4.53. The summed E-state index contributed by atoms with van der Waals surface area (Å²) < 4.78 is 53.4. The van der Waals surface area contributed by atoms with Crippen LogP contribution in [0.25, 0.3) is 22.0 Å². The third-order valence-corrected chi connectivity index (χ3v) is 6.69. The molecule has 0 bridgehead atoms. The smallest absolute Gasteiger partial charge is 0.369 e. The van der Waals surface area contributed by atoms with E-state index in [1.807, 2.05) is 42.5 Å². The number of fused-ring (bicyclic) bond motifs is 1. The van der Waals surface area contributed by atoms with Gasteiger partial charge in [0.15, 0.2) is 0 Å². The van der Waals surface area contributed by atoms with Gasteiger partial charge in [0.05, 0.1) is 5.52 Å². The largest absolute Gasteiger partial charge is 0.433 e. The van der Waals surface area contributed by atoms with E-state index in [0.717, 1.165) is 49.7 Å². The highest BCUT2D eigenvalue weighted by molar-refractivity contribution is 5.99. The van der Waals surface area contributed by atoms with E-state index in [-0.39, 0.29) is 23.7 Å². The van der Waals surface area contributed by atoms with Crippen molar-refractivity contribution >= 4 is 29.1 Å². The normalized spacial score (nSPS) is 14.9. The number of likely N-dealkylation sites (tertiary alicyclic amines) is 1. The van der Waals surface area contributed by atoms with Crippen molar-refractivity contribution in [3.63, 3.8) is 0 Å². The van der Waals surface area contributed by atoms with Gasteiger partial charge in [-0.2, -0.15) is 13.2 Å². The molecular weight excluding hydrogens is 504 g/mol. The number of nitrogens with zero attached hydrogens (tertiary/aromatic N) is 3. The summed E-state index contributed by atoms with van der Waals surface area (Å²) in [5.41, 5.74) is 1.78. The van der Waals surface area contributed by atoms with Crippen LogP contribution in [-0.4, -0.2) is 34.5 Å². The molecule has 0 atom stereocenters. The van der Waals surface area contributed by atoms with Gasteiger partial charge < -0.3 is 5.32 Å². The van der Waals surface area contributed by atoms with Gasteiger partial charge >= 0.3 is 6.18 Å². The maximum atomic E-state index is 13.4. The number of hydrogen-bond acceptors (Lipinski definition) is 4. The van der Waals surface area contributed by atoms with Crippen molar-refractivity contribution in [3.05, 3.63) is 90.0 Å². The molecule has 0 amide bonds. The van der Waals surface area contributed by atoms with Crippen molar-refractivity contribution < 1.29 is 17.6 Å². The van der Waals surface area contributed by atoms with Crippen molar-refractivity contribution in [3.8, 4) is 11.1 Å². The number of nitrogens with one attached hydrogen (secondary N) is 1. The molecule has 4 nitrogen and oxygen atoms in total. The molecule has 2 aromatic heterocycles. The Morgan fingerprint density at radius 3 is 2.30 bits per heavy atom. The van der Waals surface area contributed by atoms with Crippen molar-refractivity contribution in [2.75, 3.05) is 25.0 Å². The molecule has 0 radical (unpaired) electrons. The number of piperidine rings is 1. The van der Waals surface area contributed by atoms with Crippen LogP contribution >= 0.6 is 12.4 Å². The van der Waals surface area contributed by atoms with Gasteiger partial charge in [-0.3, -0.25) is 4.90 Å². The van der Waals surface area contributed by atoms with Crippen LogP contribution in [-0.2, 0) is 12.7 Å². The monoisotopic (exact) mass is 530 g/mol. The SMILES string of the molecule is Cl.Fc1ccc(CN2CCC(CNc3ncc(-c4ccccc4)c4nc(C(F)(F)F)ccc34)CC2)cc1. The third kappa shape index (κ3) is 6.37. The van der Waals surface area contributed by atoms with Crippen molar-refractivity contribution in [2.45, 2.75) is 25.6 Å². The van der Waals surface area contributed by atoms with Crippen LogP contribution in [0.4, 0.5) is 23.4 Å². The second-order valence-electron chi connectivity index (χ2n) is 9.20. The fraction of sp³-hybridized carbons (Fsp3) is 0.286. The summed E-state index contributed by atoms with van der Waals surface area (Å²) in [6, 6.07) is 18.3. The fourth-order valence-electron chi connectivity index (χ4n) is 4.68. The van der Waals surface area contributed by atoms with Crippen LogP contribution in [0.3, 0.4) is 0 Å². The first kappa shape index (κ1) is 26.8. The average molecular weight is 531 g/mol. The predicted octanol–water partition coefficient (Wildman–Crippen LogP) is 7.20. The van der Waals surface area contributed by atoms with Crippen LogP contribution in [0, 0.1) is 11.7 Å². The topological polar surface area (TPSA) is 41.0 Å². The second kappa shape index (κ2) is 11.4. The number of rotatable bonds is 6. The number of alkyl halides is 3.